The van der Waals surface area contributed by atoms with Crippen molar-refractivity contribution in [3.05, 3.63) is 17.9 Å². The van der Waals surface area contributed by atoms with E-state index in [1.54, 1.807) is 0 Å². The second kappa shape index (κ2) is 5.10. The molecule has 0 bridgehead atoms. The molecule has 1 fully saturated rings. The van der Waals surface area contributed by atoms with Crippen LogP contribution in [0.5, 0.6) is 0 Å². The van der Waals surface area contributed by atoms with Gasteiger partial charge in [-0.15, -0.1) is 5.73 Å². The quantitative estimate of drug-likeness (QED) is 0.438. The zero-order chi connectivity index (χ0) is 13.2. The first-order valence-corrected chi connectivity index (χ1v) is 6.50. The van der Waals surface area contributed by atoms with Crippen LogP contribution in [-0.2, 0) is 0 Å². The highest BCUT2D eigenvalue weighted by Crippen LogP contribution is 2.31. The molecular weight excluding hydrogens is 208 g/mol. The fourth-order valence-corrected chi connectivity index (χ4v) is 2.28. The molecular formula is C15H26N2. The van der Waals surface area contributed by atoms with Gasteiger partial charge >= 0.3 is 0 Å². The normalized spacial score (nSPS) is 22.2. The Balaban J connectivity index is 2.86. The smallest absolute Gasteiger partial charge is 0.0997 e. The van der Waals surface area contributed by atoms with E-state index in [0.29, 0.717) is 6.04 Å². The van der Waals surface area contributed by atoms with Crippen molar-refractivity contribution < 1.29 is 0 Å². The molecule has 1 heterocycles. The summed E-state index contributed by atoms with van der Waals surface area (Å²) in [6.45, 7) is 15.6. The first-order valence-electron chi connectivity index (χ1n) is 6.50. The molecule has 2 heteroatoms. The van der Waals surface area contributed by atoms with Gasteiger partial charge in [-0.2, -0.15) is 0 Å². The summed E-state index contributed by atoms with van der Waals surface area (Å²) < 4.78 is 0. The van der Waals surface area contributed by atoms with E-state index >= 15 is 0 Å². The average molecular weight is 234 g/mol. The summed E-state index contributed by atoms with van der Waals surface area (Å²) in [5.74, 6) is 1.05. The maximum atomic E-state index is 8.41. The summed E-state index contributed by atoms with van der Waals surface area (Å²) in [5, 5.41) is 8.41. The molecule has 96 valence electrons. The molecule has 0 amide bonds. The fraction of sp³-hybridized carbons (Fsp3) is 0.733. The summed E-state index contributed by atoms with van der Waals surface area (Å²) in [7, 11) is 0. The SMILES string of the molecule is C=C=C(C)[C@@H]1CCCN1C(=N)[C@@H](C)C(C)(C)C. The number of hydrogen-bond acceptors (Lipinski definition) is 1. The molecule has 0 aromatic heterocycles. The van der Waals surface area contributed by atoms with Crippen molar-refractivity contribution in [1.29, 1.82) is 5.41 Å². The Bertz CT molecular complexity index is 342. The van der Waals surface area contributed by atoms with Crippen LogP contribution < -0.4 is 0 Å². The molecule has 1 aliphatic heterocycles. The molecule has 2 nitrogen and oxygen atoms in total. The van der Waals surface area contributed by atoms with Crippen molar-refractivity contribution in [2.75, 3.05) is 6.54 Å². The van der Waals surface area contributed by atoms with Crippen molar-refractivity contribution in [2.24, 2.45) is 11.3 Å². The van der Waals surface area contributed by atoms with Crippen LogP contribution in [-0.4, -0.2) is 23.3 Å². The zero-order valence-corrected chi connectivity index (χ0v) is 11.9. The maximum Gasteiger partial charge on any atom is 0.0997 e. The first kappa shape index (κ1) is 14.1. The van der Waals surface area contributed by atoms with E-state index in [9.17, 15) is 0 Å². The number of amidine groups is 1. The lowest BCUT2D eigenvalue weighted by Crippen LogP contribution is -2.42. The second-order valence-electron chi connectivity index (χ2n) is 6.18. The third kappa shape index (κ3) is 3.01. The van der Waals surface area contributed by atoms with Gasteiger partial charge in [0.1, 0.15) is 0 Å². The van der Waals surface area contributed by atoms with Crippen LogP contribution in [0.15, 0.2) is 17.9 Å². The molecule has 1 rings (SSSR count). The van der Waals surface area contributed by atoms with E-state index in [4.69, 9.17) is 5.41 Å². The summed E-state index contributed by atoms with van der Waals surface area (Å²) >= 11 is 0. The van der Waals surface area contributed by atoms with Gasteiger partial charge in [0.05, 0.1) is 11.9 Å². The summed E-state index contributed by atoms with van der Waals surface area (Å²) in [4.78, 5) is 2.24. The van der Waals surface area contributed by atoms with Crippen molar-refractivity contribution in [3.63, 3.8) is 0 Å². The van der Waals surface area contributed by atoms with E-state index < -0.39 is 0 Å². The van der Waals surface area contributed by atoms with Gasteiger partial charge in [-0.05, 0) is 30.8 Å². The molecule has 0 aromatic carbocycles. The van der Waals surface area contributed by atoms with E-state index in [0.717, 1.165) is 18.8 Å². The Morgan fingerprint density at radius 2 is 2.06 bits per heavy atom. The largest absolute Gasteiger partial charge is 0.353 e. The van der Waals surface area contributed by atoms with E-state index in [2.05, 4.69) is 51.8 Å². The first-order chi connectivity index (χ1) is 7.79. The van der Waals surface area contributed by atoms with Gasteiger partial charge in [-0.3, -0.25) is 5.41 Å². The number of nitrogens with one attached hydrogen (secondary N) is 1. The van der Waals surface area contributed by atoms with Crippen LogP contribution >= 0.6 is 0 Å². The number of rotatable bonds is 2. The van der Waals surface area contributed by atoms with Gasteiger partial charge in [0.25, 0.3) is 0 Å². The molecule has 0 spiro atoms. The summed E-state index contributed by atoms with van der Waals surface area (Å²) in [6, 6.07) is 0.352. The highest BCUT2D eigenvalue weighted by Gasteiger charge is 2.33. The van der Waals surface area contributed by atoms with Gasteiger partial charge < -0.3 is 4.90 Å². The second-order valence-corrected chi connectivity index (χ2v) is 6.18. The molecule has 0 radical (unpaired) electrons. The topological polar surface area (TPSA) is 27.1 Å². The minimum Gasteiger partial charge on any atom is -0.353 e. The predicted octanol–water partition coefficient (Wildman–Crippen LogP) is 3.84. The molecule has 0 aromatic rings. The Kier molecular flexibility index (Phi) is 4.21. The van der Waals surface area contributed by atoms with E-state index in [1.807, 2.05) is 0 Å². The maximum absolute atomic E-state index is 8.41. The molecule has 1 N–H and O–H groups in total. The van der Waals surface area contributed by atoms with Crippen LogP contribution in [0.2, 0.25) is 0 Å². The Morgan fingerprint density at radius 3 is 2.53 bits per heavy atom. The van der Waals surface area contributed by atoms with E-state index in [-0.39, 0.29) is 11.3 Å². The number of hydrogen-bond donors (Lipinski definition) is 1. The molecule has 0 aliphatic carbocycles. The predicted molar refractivity (Wildman–Crippen MR) is 74.4 cm³/mol. The number of likely N-dealkylation sites (tertiary alicyclic amines) is 1. The minimum absolute atomic E-state index is 0.149. The lowest BCUT2D eigenvalue weighted by molar-refractivity contribution is 0.292. The molecule has 1 aliphatic rings. The van der Waals surface area contributed by atoms with E-state index in [1.165, 1.54) is 12.0 Å². The Morgan fingerprint density at radius 1 is 1.47 bits per heavy atom. The summed E-state index contributed by atoms with van der Waals surface area (Å²) in [6.07, 6.45) is 2.30. The third-order valence-corrected chi connectivity index (χ3v) is 4.05. The monoisotopic (exact) mass is 234 g/mol. The van der Waals surface area contributed by atoms with Crippen LogP contribution in [0.1, 0.15) is 47.5 Å². The lowest BCUT2D eigenvalue weighted by Gasteiger charge is -2.35. The van der Waals surface area contributed by atoms with Gasteiger partial charge in [0, 0.05) is 12.5 Å². The standard InChI is InChI=1S/C15H26N2/c1-7-11(2)13-9-8-10-17(13)14(16)12(3)15(4,5)6/h12-13,16H,1,8-10H2,2-6H3/t12-,13+/m1/s1. The van der Waals surface area contributed by atoms with Crippen molar-refractivity contribution in [2.45, 2.75) is 53.5 Å². The highest BCUT2D eigenvalue weighted by molar-refractivity contribution is 5.83. The van der Waals surface area contributed by atoms with Crippen LogP contribution in [0.4, 0.5) is 0 Å². The van der Waals surface area contributed by atoms with Crippen molar-refractivity contribution in [1.82, 2.24) is 4.90 Å². The summed E-state index contributed by atoms with van der Waals surface area (Å²) in [5.41, 5.74) is 4.32. The minimum atomic E-state index is 0.149. The number of nitrogens with zero attached hydrogens (tertiary/aromatic N) is 1. The lowest BCUT2D eigenvalue weighted by atomic mass is 9.80. The van der Waals surface area contributed by atoms with Crippen molar-refractivity contribution >= 4 is 5.84 Å². The molecule has 0 unspecified atom stereocenters. The molecule has 0 saturated carbocycles. The van der Waals surface area contributed by atoms with Gasteiger partial charge in [-0.1, -0.05) is 34.3 Å². The highest BCUT2D eigenvalue weighted by atomic mass is 15.2. The molecule has 2 atom stereocenters. The Hall–Kier alpha value is -1.01. The van der Waals surface area contributed by atoms with Gasteiger partial charge in [0.2, 0.25) is 0 Å². The van der Waals surface area contributed by atoms with Gasteiger partial charge in [-0.25, -0.2) is 0 Å². The van der Waals surface area contributed by atoms with Crippen LogP contribution in [0, 0.1) is 16.7 Å². The average Bonchev–Trinajstić information content (AvgIpc) is 2.73. The fourth-order valence-electron chi connectivity index (χ4n) is 2.28. The molecule has 1 saturated heterocycles. The van der Waals surface area contributed by atoms with Crippen molar-refractivity contribution in [3.8, 4) is 0 Å². The molecule has 17 heavy (non-hydrogen) atoms. The van der Waals surface area contributed by atoms with Gasteiger partial charge in [0.15, 0.2) is 0 Å². The zero-order valence-electron chi connectivity index (χ0n) is 11.9. The Labute approximate surface area is 106 Å². The van der Waals surface area contributed by atoms with Crippen LogP contribution in [0.3, 0.4) is 0 Å². The third-order valence-electron chi connectivity index (χ3n) is 4.05. The van der Waals surface area contributed by atoms with Crippen LogP contribution in [0.25, 0.3) is 0 Å².